The lowest BCUT2D eigenvalue weighted by atomic mass is 9.33. The maximum atomic E-state index is 12.2. The summed E-state index contributed by atoms with van der Waals surface area (Å²) in [6.07, 6.45) is 12.5. The molecular weight excluding hydrogens is 631 g/mol. The van der Waals surface area contributed by atoms with Crippen LogP contribution < -0.4 is 5.32 Å². The van der Waals surface area contributed by atoms with Gasteiger partial charge in [0.05, 0.1) is 18.8 Å². The van der Waals surface area contributed by atoms with Crippen LogP contribution in [0.1, 0.15) is 117 Å². The highest BCUT2D eigenvalue weighted by Gasteiger charge is 2.70. The van der Waals surface area contributed by atoms with Gasteiger partial charge in [-0.2, -0.15) is 0 Å². The molecule has 2 aromatic carbocycles. The summed E-state index contributed by atoms with van der Waals surface area (Å²) in [6.45, 7) is 19.4. The standard InChI is InChI=1S/C46H67NO4/c1-41(2)27-35-34-19-20-36-43(4)23-22-38(51-31-49-8)46(7,40(48)47-29-32-15-11-9-12-16-32)37(43)21-24-45(36,6)44(34,5)26-25-42(35,3)39(28-41)50-30-33-17-13-10-14-18-33/h9-19,35-40,47-48H,20-31H2,1-8H3/t35?,36?,37?,38?,39?,40?,42?,43-,44-,45-,46-/m1/s1. The maximum absolute atomic E-state index is 12.2. The zero-order valence-corrected chi connectivity index (χ0v) is 33.0. The highest BCUT2D eigenvalue weighted by Crippen LogP contribution is 2.76. The first-order chi connectivity index (χ1) is 24.2. The molecule has 0 heterocycles. The monoisotopic (exact) mass is 698 g/mol. The molecule has 5 heteroatoms. The average molecular weight is 698 g/mol. The molecule has 0 aromatic heterocycles. The zero-order chi connectivity index (χ0) is 36.3. The number of hydrogen-bond acceptors (Lipinski definition) is 5. The molecule has 7 rings (SSSR count). The number of fused-ring (bicyclic) bond motifs is 7. The van der Waals surface area contributed by atoms with Crippen molar-refractivity contribution in [3.63, 3.8) is 0 Å². The van der Waals surface area contributed by atoms with Gasteiger partial charge in [-0.3, -0.25) is 5.32 Å². The second-order valence-corrected chi connectivity index (χ2v) is 19.4. The molecule has 11 atom stereocenters. The van der Waals surface area contributed by atoms with Crippen molar-refractivity contribution in [2.75, 3.05) is 13.9 Å². The van der Waals surface area contributed by atoms with E-state index < -0.39 is 11.6 Å². The van der Waals surface area contributed by atoms with E-state index >= 15 is 0 Å². The molecule has 0 aliphatic heterocycles. The molecule has 0 spiro atoms. The smallest absolute Gasteiger partial charge is 0.146 e. The average Bonchev–Trinajstić information content (AvgIpc) is 3.11. The molecule has 0 bridgehead atoms. The van der Waals surface area contributed by atoms with Crippen LogP contribution in [-0.4, -0.2) is 37.4 Å². The van der Waals surface area contributed by atoms with Gasteiger partial charge in [-0.05, 0) is 108 Å². The largest absolute Gasteiger partial charge is 0.378 e. The van der Waals surface area contributed by atoms with E-state index in [1.165, 1.54) is 36.8 Å². The molecule has 5 nitrogen and oxygen atoms in total. The van der Waals surface area contributed by atoms with Gasteiger partial charge in [0.15, 0.2) is 0 Å². The van der Waals surface area contributed by atoms with Gasteiger partial charge >= 0.3 is 0 Å². The topological polar surface area (TPSA) is 60.0 Å². The molecule has 4 saturated carbocycles. The highest BCUT2D eigenvalue weighted by molar-refractivity contribution is 5.34. The van der Waals surface area contributed by atoms with Gasteiger partial charge < -0.3 is 19.3 Å². The summed E-state index contributed by atoms with van der Waals surface area (Å²) in [4.78, 5) is 0. The van der Waals surface area contributed by atoms with E-state index in [0.717, 1.165) is 32.1 Å². The van der Waals surface area contributed by atoms with E-state index in [0.29, 0.717) is 30.9 Å². The number of nitrogens with one attached hydrogen (secondary N) is 1. The Morgan fingerprint density at radius 2 is 1.43 bits per heavy atom. The first-order valence-corrected chi connectivity index (χ1v) is 20.1. The summed E-state index contributed by atoms with van der Waals surface area (Å²) < 4.78 is 18.9. The summed E-state index contributed by atoms with van der Waals surface area (Å²) in [5.74, 6) is 1.41. The fourth-order valence-electron chi connectivity index (χ4n) is 13.2. The minimum atomic E-state index is -0.688. The number of aliphatic hydroxyl groups is 1. The number of ether oxygens (including phenoxy) is 3. The van der Waals surface area contributed by atoms with Crippen LogP contribution in [0.5, 0.6) is 0 Å². The van der Waals surface area contributed by atoms with Crippen LogP contribution in [0.3, 0.4) is 0 Å². The second kappa shape index (κ2) is 13.7. The van der Waals surface area contributed by atoms with E-state index in [1.54, 1.807) is 12.7 Å². The van der Waals surface area contributed by atoms with Gasteiger partial charge in [-0.25, -0.2) is 0 Å². The second-order valence-electron chi connectivity index (χ2n) is 19.4. The molecule has 0 saturated heterocycles. The summed E-state index contributed by atoms with van der Waals surface area (Å²) in [5.41, 5.74) is 4.56. The third-order valence-electron chi connectivity index (χ3n) is 16.4. The number of allylic oxidation sites excluding steroid dienone is 2. The molecular formula is C46H67NO4. The Hall–Kier alpha value is -2.02. The fraction of sp³-hybridized carbons (Fsp3) is 0.696. The van der Waals surface area contributed by atoms with Crippen LogP contribution in [0, 0.1) is 50.2 Å². The molecule has 4 fully saturated rings. The Bertz CT molecular complexity index is 1540. The van der Waals surface area contributed by atoms with E-state index in [4.69, 9.17) is 14.2 Å². The molecule has 5 aliphatic carbocycles. The maximum Gasteiger partial charge on any atom is 0.146 e. The van der Waals surface area contributed by atoms with E-state index in [-0.39, 0.29) is 46.1 Å². The van der Waals surface area contributed by atoms with Gasteiger partial charge in [-0.1, -0.05) is 121 Å². The molecule has 0 radical (unpaired) electrons. The molecule has 2 N–H and O–H groups in total. The number of methoxy groups -OCH3 is 1. The van der Waals surface area contributed by atoms with E-state index in [2.05, 4.69) is 114 Å². The van der Waals surface area contributed by atoms with Gasteiger partial charge in [-0.15, -0.1) is 0 Å². The van der Waals surface area contributed by atoms with Crippen LogP contribution in [0.2, 0.25) is 0 Å². The fourth-order valence-corrected chi connectivity index (χ4v) is 13.2. The predicted molar refractivity (Wildman–Crippen MR) is 205 cm³/mol. The molecule has 51 heavy (non-hydrogen) atoms. The van der Waals surface area contributed by atoms with E-state index in [1.807, 2.05) is 6.07 Å². The summed E-state index contributed by atoms with van der Waals surface area (Å²) >= 11 is 0. The van der Waals surface area contributed by atoms with Crippen LogP contribution >= 0.6 is 0 Å². The van der Waals surface area contributed by atoms with Crippen molar-refractivity contribution in [1.29, 1.82) is 0 Å². The third kappa shape index (κ3) is 6.10. The minimum Gasteiger partial charge on any atom is -0.378 e. The molecule has 280 valence electrons. The SMILES string of the molecule is COCOC1CC[C@@]2(C)C(CC[C@]3(C)C2CC=C2C4CC(C)(C)CC(OCc5ccccc5)C4(C)CC[C@]23C)[C@@]1(C)C(O)NCc1ccccc1. The summed E-state index contributed by atoms with van der Waals surface area (Å²) in [5, 5.41) is 15.8. The van der Waals surface area contributed by atoms with Crippen molar-refractivity contribution in [3.8, 4) is 0 Å². The van der Waals surface area contributed by atoms with Crippen molar-refractivity contribution < 1.29 is 19.3 Å². The Kier molecular flexibility index (Phi) is 10.0. The van der Waals surface area contributed by atoms with Crippen molar-refractivity contribution in [2.24, 2.45) is 50.2 Å². The Balaban J connectivity index is 1.19. The van der Waals surface area contributed by atoms with Gasteiger partial charge in [0.2, 0.25) is 0 Å². The normalized spacial score (nSPS) is 42.1. The first-order valence-electron chi connectivity index (χ1n) is 20.1. The number of benzene rings is 2. The highest BCUT2D eigenvalue weighted by atomic mass is 16.7. The van der Waals surface area contributed by atoms with Crippen molar-refractivity contribution in [1.82, 2.24) is 5.32 Å². The lowest BCUT2D eigenvalue weighted by Crippen LogP contribution is -2.68. The Morgan fingerprint density at radius 1 is 0.745 bits per heavy atom. The minimum absolute atomic E-state index is 0.0730. The van der Waals surface area contributed by atoms with Crippen LogP contribution in [0.25, 0.3) is 0 Å². The van der Waals surface area contributed by atoms with Crippen molar-refractivity contribution in [2.45, 2.75) is 138 Å². The van der Waals surface area contributed by atoms with Gasteiger partial charge in [0.1, 0.15) is 13.0 Å². The van der Waals surface area contributed by atoms with E-state index in [9.17, 15) is 5.11 Å². The number of rotatable bonds is 10. The molecule has 7 unspecified atom stereocenters. The quantitative estimate of drug-likeness (QED) is 0.191. The molecule has 0 amide bonds. The van der Waals surface area contributed by atoms with Crippen molar-refractivity contribution in [3.05, 3.63) is 83.4 Å². The number of hydrogen-bond donors (Lipinski definition) is 2. The van der Waals surface area contributed by atoms with Crippen LogP contribution in [-0.2, 0) is 27.4 Å². The van der Waals surface area contributed by atoms with Crippen molar-refractivity contribution >= 4 is 0 Å². The summed E-state index contributed by atoms with van der Waals surface area (Å²) in [6, 6.07) is 21.2. The lowest BCUT2D eigenvalue weighted by Gasteiger charge is -2.72. The Labute approximate surface area is 309 Å². The first kappa shape index (κ1) is 37.3. The molecule has 2 aromatic rings. The Morgan fingerprint density at radius 3 is 2.12 bits per heavy atom. The van der Waals surface area contributed by atoms with Gasteiger partial charge in [0, 0.05) is 24.5 Å². The molecule has 5 aliphatic rings. The predicted octanol–water partition coefficient (Wildman–Crippen LogP) is 10.1. The van der Waals surface area contributed by atoms with Crippen LogP contribution in [0.4, 0.5) is 0 Å². The number of aliphatic hydroxyl groups excluding tert-OH is 1. The third-order valence-corrected chi connectivity index (χ3v) is 16.4. The van der Waals surface area contributed by atoms with Crippen LogP contribution in [0.15, 0.2) is 72.3 Å². The zero-order valence-electron chi connectivity index (χ0n) is 33.0. The summed E-state index contributed by atoms with van der Waals surface area (Å²) in [7, 11) is 1.70. The lowest BCUT2D eigenvalue weighted by molar-refractivity contribution is -0.256. The van der Waals surface area contributed by atoms with Gasteiger partial charge in [0.25, 0.3) is 0 Å².